The summed E-state index contributed by atoms with van der Waals surface area (Å²) in [7, 11) is 0. The third-order valence-corrected chi connectivity index (χ3v) is 10.9. The zero-order valence-electron chi connectivity index (χ0n) is 33.5. The fraction of sp³-hybridized carbons (Fsp3) is 0.312. The highest BCUT2D eigenvalue weighted by atomic mass is 16.6. The Balaban J connectivity index is 0.943. The summed E-state index contributed by atoms with van der Waals surface area (Å²) in [6, 6.07) is 49.0. The highest BCUT2D eigenvalue weighted by Crippen LogP contribution is 2.24. The molecule has 2 unspecified atom stereocenters. The first-order valence-corrected chi connectivity index (χ1v) is 20.4. The number of fused-ring (bicyclic) bond motifs is 1. The van der Waals surface area contributed by atoms with Crippen LogP contribution >= 0.6 is 0 Å². The van der Waals surface area contributed by atoms with Gasteiger partial charge in [-0.15, -0.1) is 0 Å². The molecule has 1 fully saturated rings. The number of nitrogens with one attached hydrogen (secondary N) is 1. The Kier molecular flexibility index (Phi) is 13.8. The Morgan fingerprint density at radius 1 is 0.603 bits per heavy atom. The maximum absolute atomic E-state index is 13.9. The van der Waals surface area contributed by atoms with Crippen molar-refractivity contribution in [3.05, 3.63) is 168 Å². The highest BCUT2D eigenvalue weighted by Gasteiger charge is 2.28. The molecular weight excluding hydrogens is 725 g/mol. The fourth-order valence-electron chi connectivity index (χ4n) is 7.45. The second kappa shape index (κ2) is 19.9. The second-order valence-corrected chi connectivity index (χ2v) is 15.3. The van der Waals surface area contributed by atoms with Crippen molar-refractivity contribution in [3.8, 4) is 0 Å². The summed E-state index contributed by atoms with van der Waals surface area (Å²) in [6.07, 6.45) is 0.582. The van der Waals surface area contributed by atoms with Gasteiger partial charge in [0.25, 0.3) is 0 Å². The van der Waals surface area contributed by atoms with Gasteiger partial charge in [0.1, 0.15) is 13.2 Å². The van der Waals surface area contributed by atoms with Gasteiger partial charge in [0.15, 0.2) is 0 Å². The minimum atomic E-state index is -0.480. The van der Waals surface area contributed by atoms with Gasteiger partial charge in [-0.3, -0.25) is 9.80 Å². The molecule has 2 atom stereocenters. The zero-order valence-corrected chi connectivity index (χ0v) is 33.5. The molecule has 58 heavy (non-hydrogen) atoms. The molecule has 10 heteroatoms. The van der Waals surface area contributed by atoms with Gasteiger partial charge in [0.2, 0.25) is 5.95 Å². The lowest BCUT2D eigenvalue weighted by Gasteiger charge is -2.33. The van der Waals surface area contributed by atoms with E-state index in [1.54, 1.807) is 9.47 Å². The summed E-state index contributed by atoms with van der Waals surface area (Å²) in [5, 5.41) is 3.52. The normalized spacial score (nSPS) is 14.4. The molecule has 0 spiro atoms. The number of anilines is 1. The van der Waals surface area contributed by atoms with E-state index in [2.05, 4.69) is 102 Å². The van der Waals surface area contributed by atoms with Gasteiger partial charge in [-0.25, -0.2) is 19.1 Å². The van der Waals surface area contributed by atoms with E-state index in [1.807, 2.05) is 72.8 Å². The van der Waals surface area contributed by atoms with Crippen LogP contribution in [0.3, 0.4) is 0 Å². The Labute approximate surface area is 342 Å². The van der Waals surface area contributed by atoms with Crippen LogP contribution in [0.4, 0.5) is 15.5 Å². The van der Waals surface area contributed by atoms with Crippen molar-refractivity contribution in [2.45, 2.75) is 71.0 Å². The standard InChI is InChI=1S/C48H54N6O4/c1-37(52(31-39-17-7-3-8-18-39)32-40-19-9-4-10-20-40)35-57-47(55)51-29-27-43(28-30-51)49-46-50-44-25-15-16-26-45(44)54(46)48(56)58-36-38(2)53(33-41-21-11-5-12-22-41)34-42-23-13-6-14-24-42/h3-26,37-38,43H,27-36H2,1-2H3,(H,49,50). The summed E-state index contributed by atoms with van der Waals surface area (Å²) in [5.74, 6) is 0.441. The van der Waals surface area contributed by atoms with Gasteiger partial charge in [0.05, 0.1) is 11.0 Å². The lowest BCUT2D eigenvalue weighted by atomic mass is 10.1. The van der Waals surface area contributed by atoms with E-state index in [1.165, 1.54) is 22.3 Å². The SMILES string of the molecule is CC(COC(=O)N1CCC(Nc2nc3ccccc3n2C(=O)OCC(C)N(Cc2ccccc2)Cc2ccccc2)CC1)N(Cc1ccccc1)Cc1ccccc1. The van der Waals surface area contributed by atoms with Crippen molar-refractivity contribution in [2.75, 3.05) is 31.6 Å². The molecule has 1 aliphatic heterocycles. The maximum atomic E-state index is 13.9. The lowest BCUT2D eigenvalue weighted by molar-refractivity contribution is 0.0595. The van der Waals surface area contributed by atoms with E-state index in [-0.39, 0.29) is 37.4 Å². The van der Waals surface area contributed by atoms with Crippen LogP contribution in [0.5, 0.6) is 0 Å². The number of imidazole rings is 1. The first kappa shape index (κ1) is 40.2. The predicted octanol–water partition coefficient (Wildman–Crippen LogP) is 9.22. The summed E-state index contributed by atoms with van der Waals surface area (Å²) in [6.45, 7) is 8.72. The number of hydrogen-bond donors (Lipinski definition) is 1. The number of likely N-dealkylation sites (tertiary alicyclic amines) is 1. The molecule has 1 aliphatic rings. The molecule has 5 aromatic carbocycles. The van der Waals surface area contributed by atoms with E-state index in [0.717, 1.165) is 26.2 Å². The molecule has 0 bridgehead atoms. The monoisotopic (exact) mass is 778 g/mol. The number of carbonyl (C=O) groups excluding carboxylic acids is 2. The van der Waals surface area contributed by atoms with Crippen molar-refractivity contribution in [1.82, 2.24) is 24.3 Å². The summed E-state index contributed by atoms with van der Waals surface area (Å²) in [5.41, 5.74) is 6.20. The molecule has 2 heterocycles. The van der Waals surface area contributed by atoms with Crippen molar-refractivity contribution in [2.24, 2.45) is 0 Å². The third kappa shape index (κ3) is 10.9. The van der Waals surface area contributed by atoms with E-state index >= 15 is 0 Å². The highest BCUT2D eigenvalue weighted by molar-refractivity contribution is 5.90. The fourth-order valence-corrected chi connectivity index (χ4v) is 7.45. The van der Waals surface area contributed by atoms with Crippen molar-refractivity contribution >= 4 is 29.2 Å². The zero-order chi connectivity index (χ0) is 40.1. The number of hydrogen-bond acceptors (Lipinski definition) is 8. The number of nitrogens with zero attached hydrogens (tertiary/aromatic N) is 5. The number of benzene rings is 5. The van der Waals surface area contributed by atoms with Crippen LogP contribution in [0.15, 0.2) is 146 Å². The molecule has 300 valence electrons. The Bertz CT molecular complexity index is 2090. The second-order valence-electron chi connectivity index (χ2n) is 15.3. The Morgan fingerprint density at radius 3 is 1.45 bits per heavy atom. The molecule has 6 aromatic rings. The number of piperidine rings is 1. The quantitative estimate of drug-likeness (QED) is 0.104. The van der Waals surface area contributed by atoms with E-state index in [4.69, 9.17) is 14.5 Å². The van der Waals surface area contributed by atoms with Crippen molar-refractivity contribution < 1.29 is 19.1 Å². The molecule has 1 N–H and O–H groups in total. The largest absolute Gasteiger partial charge is 0.448 e. The first-order chi connectivity index (χ1) is 28.4. The lowest BCUT2D eigenvalue weighted by Crippen LogP contribution is -2.44. The molecule has 7 rings (SSSR count). The van der Waals surface area contributed by atoms with Crippen molar-refractivity contribution in [1.29, 1.82) is 0 Å². The molecule has 1 amide bonds. The van der Waals surface area contributed by atoms with Gasteiger partial charge in [-0.05, 0) is 61.1 Å². The Hall–Kier alpha value is -5.97. The average Bonchev–Trinajstić information content (AvgIpc) is 3.63. The molecule has 10 nitrogen and oxygen atoms in total. The van der Waals surface area contributed by atoms with Gasteiger partial charge in [0, 0.05) is 57.4 Å². The number of amides is 1. The molecular formula is C48H54N6O4. The van der Waals surface area contributed by atoms with Gasteiger partial charge in [-0.2, -0.15) is 0 Å². The topological polar surface area (TPSA) is 92.2 Å². The third-order valence-electron chi connectivity index (χ3n) is 10.9. The van der Waals surface area contributed by atoms with Crippen LogP contribution in [0.1, 0.15) is 48.9 Å². The van der Waals surface area contributed by atoms with Crippen LogP contribution in [0.25, 0.3) is 11.0 Å². The minimum Gasteiger partial charge on any atom is -0.448 e. The number of para-hydroxylation sites is 2. The summed E-state index contributed by atoms with van der Waals surface area (Å²) < 4.78 is 13.5. The maximum Gasteiger partial charge on any atom is 0.421 e. The van der Waals surface area contributed by atoms with Crippen LogP contribution in [0.2, 0.25) is 0 Å². The molecule has 0 saturated carbocycles. The minimum absolute atomic E-state index is 0.00438. The molecule has 0 aliphatic carbocycles. The van der Waals surface area contributed by atoms with Gasteiger partial charge >= 0.3 is 12.2 Å². The molecule has 1 saturated heterocycles. The number of ether oxygens (including phenoxy) is 2. The van der Waals surface area contributed by atoms with Crippen molar-refractivity contribution in [3.63, 3.8) is 0 Å². The Morgan fingerprint density at radius 2 is 1.00 bits per heavy atom. The molecule has 1 aromatic heterocycles. The molecule has 0 radical (unpaired) electrons. The van der Waals surface area contributed by atoms with Crippen LogP contribution < -0.4 is 5.32 Å². The van der Waals surface area contributed by atoms with Crippen LogP contribution in [-0.2, 0) is 35.7 Å². The van der Waals surface area contributed by atoms with E-state index in [0.29, 0.717) is 42.9 Å². The number of aromatic nitrogens is 2. The van der Waals surface area contributed by atoms with E-state index < -0.39 is 6.09 Å². The van der Waals surface area contributed by atoms with Gasteiger partial charge in [-0.1, -0.05) is 133 Å². The van der Waals surface area contributed by atoms with Gasteiger partial charge < -0.3 is 19.7 Å². The predicted molar refractivity (Wildman–Crippen MR) is 229 cm³/mol. The summed E-state index contributed by atoms with van der Waals surface area (Å²) in [4.78, 5) is 38.5. The smallest absolute Gasteiger partial charge is 0.421 e. The van der Waals surface area contributed by atoms with Crippen LogP contribution in [-0.4, -0.2) is 80.9 Å². The van der Waals surface area contributed by atoms with E-state index in [9.17, 15) is 9.59 Å². The number of rotatable bonds is 16. The average molecular weight is 779 g/mol. The number of carbonyl (C=O) groups is 2. The summed E-state index contributed by atoms with van der Waals surface area (Å²) >= 11 is 0. The van der Waals surface area contributed by atoms with Crippen LogP contribution in [0, 0.1) is 0 Å². The first-order valence-electron chi connectivity index (χ1n) is 20.4.